The number of nitrogens with two attached hydrogens (primary N) is 1. The molecule has 0 amide bonds. The number of hydrogen-bond donors (Lipinski definition) is 2. The molecule has 1 heterocycles. The number of benzene rings is 1. The molecular formula is C13H15BrN2O. The fourth-order valence-corrected chi connectivity index (χ4v) is 1.61. The predicted octanol–water partition coefficient (Wildman–Crippen LogP) is -2.02. The summed E-state index contributed by atoms with van der Waals surface area (Å²) in [4.78, 5) is 0. The largest absolute Gasteiger partial charge is 1.00 e. The number of aliphatic hydroxyl groups excluding tert-OH is 1. The Morgan fingerprint density at radius 2 is 1.82 bits per heavy atom. The maximum absolute atomic E-state index is 9.28. The van der Waals surface area contributed by atoms with Crippen LogP contribution in [0.25, 0.3) is 0 Å². The molecule has 1 unspecified atom stereocenters. The van der Waals surface area contributed by atoms with E-state index in [0.29, 0.717) is 0 Å². The van der Waals surface area contributed by atoms with E-state index in [0.717, 1.165) is 12.1 Å². The number of halogens is 1. The minimum absolute atomic E-state index is 0. The van der Waals surface area contributed by atoms with Crippen LogP contribution in [0, 0.1) is 0 Å². The van der Waals surface area contributed by atoms with Gasteiger partial charge in [0, 0.05) is 11.6 Å². The Labute approximate surface area is 111 Å². The minimum Gasteiger partial charge on any atom is -1.00 e. The maximum atomic E-state index is 9.28. The second kappa shape index (κ2) is 6.49. The van der Waals surface area contributed by atoms with Crippen LogP contribution < -0.4 is 27.3 Å². The molecule has 1 aromatic heterocycles. The van der Waals surface area contributed by atoms with Crippen LogP contribution in [0.2, 0.25) is 0 Å². The molecule has 2 aromatic rings. The molecule has 3 nitrogen and oxygen atoms in total. The van der Waals surface area contributed by atoms with Crippen LogP contribution in [0.1, 0.15) is 17.4 Å². The van der Waals surface area contributed by atoms with Crippen molar-refractivity contribution in [3.63, 3.8) is 0 Å². The molecule has 0 saturated heterocycles. The first-order chi connectivity index (χ1) is 7.75. The summed E-state index contributed by atoms with van der Waals surface area (Å²) in [6, 6.07) is 13.8. The number of nitrogens with zero attached hydrogens (tertiary/aromatic N) is 1. The van der Waals surface area contributed by atoms with Crippen LogP contribution in [0.5, 0.6) is 0 Å². The van der Waals surface area contributed by atoms with Crippen LogP contribution in [-0.2, 0) is 6.54 Å². The highest BCUT2D eigenvalue weighted by molar-refractivity contribution is 5.13. The van der Waals surface area contributed by atoms with Gasteiger partial charge >= 0.3 is 0 Å². The number of hydrogen-bond acceptors (Lipinski definition) is 2. The first-order valence-corrected chi connectivity index (χ1v) is 5.22. The molecule has 1 aromatic carbocycles. The molecule has 3 N–H and O–H groups in total. The Balaban J connectivity index is 0.00000144. The van der Waals surface area contributed by atoms with E-state index in [-0.39, 0.29) is 17.0 Å². The van der Waals surface area contributed by atoms with Gasteiger partial charge in [0.2, 0.25) is 0 Å². The second-order valence-electron chi connectivity index (χ2n) is 3.74. The lowest BCUT2D eigenvalue weighted by Crippen LogP contribution is -3.00. The SMILES string of the molecule is NC(O)c1ccc[n+](Cc2ccccc2)c1.[Br-]. The van der Waals surface area contributed by atoms with E-state index < -0.39 is 6.23 Å². The van der Waals surface area contributed by atoms with Gasteiger partial charge in [-0.3, -0.25) is 0 Å². The molecule has 0 radical (unpaired) electrons. The smallest absolute Gasteiger partial charge is 0.176 e. The van der Waals surface area contributed by atoms with Crippen LogP contribution in [0.15, 0.2) is 54.9 Å². The zero-order valence-electron chi connectivity index (χ0n) is 9.33. The van der Waals surface area contributed by atoms with E-state index in [1.807, 2.05) is 47.3 Å². The van der Waals surface area contributed by atoms with Crippen molar-refractivity contribution < 1.29 is 26.7 Å². The lowest BCUT2D eigenvalue weighted by Gasteiger charge is -2.03. The summed E-state index contributed by atoms with van der Waals surface area (Å²) in [5.74, 6) is 0. The van der Waals surface area contributed by atoms with Gasteiger partial charge in [-0.25, -0.2) is 4.57 Å². The quantitative estimate of drug-likeness (QED) is 0.507. The van der Waals surface area contributed by atoms with E-state index in [4.69, 9.17) is 5.73 Å². The number of aromatic nitrogens is 1. The van der Waals surface area contributed by atoms with Crippen molar-refractivity contribution in [3.8, 4) is 0 Å². The zero-order valence-corrected chi connectivity index (χ0v) is 10.9. The van der Waals surface area contributed by atoms with Gasteiger partial charge in [-0.2, -0.15) is 0 Å². The molecule has 4 heteroatoms. The van der Waals surface area contributed by atoms with Gasteiger partial charge in [0.1, 0.15) is 6.23 Å². The molecule has 0 bridgehead atoms. The molecule has 17 heavy (non-hydrogen) atoms. The van der Waals surface area contributed by atoms with Crippen molar-refractivity contribution >= 4 is 0 Å². The van der Waals surface area contributed by atoms with Crippen molar-refractivity contribution in [2.45, 2.75) is 12.8 Å². The normalized spacial score (nSPS) is 11.6. The van der Waals surface area contributed by atoms with Gasteiger partial charge in [0.15, 0.2) is 18.9 Å². The van der Waals surface area contributed by atoms with Crippen molar-refractivity contribution in [2.24, 2.45) is 5.73 Å². The second-order valence-corrected chi connectivity index (χ2v) is 3.74. The van der Waals surface area contributed by atoms with Crippen molar-refractivity contribution in [2.75, 3.05) is 0 Å². The molecule has 2 rings (SSSR count). The lowest BCUT2D eigenvalue weighted by molar-refractivity contribution is -0.688. The van der Waals surface area contributed by atoms with Gasteiger partial charge in [-0.15, -0.1) is 0 Å². The third-order valence-electron chi connectivity index (χ3n) is 2.43. The molecule has 0 spiro atoms. The fraction of sp³-hybridized carbons (Fsp3) is 0.154. The highest BCUT2D eigenvalue weighted by atomic mass is 79.9. The number of rotatable bonds is 3. The van der Waals surface area contributed by atoms with E-state index >= 15 is 0 Å². The Morgan fingerprint density at radius 1 is 1.12 bits per heavy atom. The highest BCUT2D eigenvalue weighted by Gasteiger charge is 2.07. The molecule has 0 aliphatic carbocycles. The molecule has 0 aliphatic heterocycles. The first kappa shape index (κ1) is 13.8. The number of pyridine rings is 1. The Hall–Kier alpha value is -1.23. The average Bonchev–Trinajstić information content (AvgIpc) is 2.30. The average molecular weight is 295 g/mol. The topological polar surface area (TPSA) is 50.1 Å². The van der Waals surface area contributed by atoms with Crippen molar-refractivity contribution in [1.29, 1.82) is 0 Å². The fourth-order valence-electron chi connectivity index (χ4n) is 1.61. The van der Waals surface area contributed by atoms with Crippen LogP contribution in [0.4, 0.5) is 0 Å². The molecule has 0 aliphatic rings. The summed E-state index contributed by atoms with van der Waals surface area (Å²) in [7, 11) is 0. The summed E-state index contributed by atoms with van der Waals surface area (Å²) in [6.07, 6.45) is 2.90. The first-order valence-electron chi connectivity index (χ1n) is 5.22. The van der Waals surface area contributed by atoms with E-state index in [1.165, 1.54) is 5.56 Å². The van der Waals surface area contributed by atoms with Gasteiger partial charge in [0.25, 0.3) is 0 Å². The Kier molecular flexibility index (Phi) is 5.28. The highest BCUT2D eigenvalue weighted by Crippen LogP contribution is 2.03. The molecule has 1 atom stereocenters. The lowest BCUT2D eigenvalue weighted by atomic mass is 10.2. The third kappa shape index (κ3) is 3.93. The van der Waals surface area contributed by atoms with Gasteiger partial charge in [0.05, 0.1) is 5.56 Å². The van der Waals surface area contributed by atoms with Crippen molar-refractivity contribution in [1.82, 2.24) is 0 Å². The van der Waals surface area contributed by atoms with Crippen molar-refractivity contribution in [3.05, 3.63) is 66.0 Å². The van der Waals surface area contributed by atoms with Crippen LogP contribution >= 0.6 is 0 Å². The van der Waals surface area contributed by atoms with Gasteiger partial charge in [-0.05, 0) is 6.07 Å². The summed E-state index contributed by atoms with van der Waals surface area (Å²) < 4.78 is 2.00. The summed E-state index contributed by atoms with van der Waals surface area (Å²) >= 11 is 0. The Bertz CT molecular complexity index is 460. The maximum Gasteiger partial charge on any atom is 0.176 e. The standard InChI is InChI=1S/C13H15N2O.BrH/c14-13(16)12-7-4-8-15(10-12)9-11-5-2-1-3-6-11;/h1-8,10,13,16H,9,14H2;1H/q+1;/p-1. The minimum atomic E-state index is -0.914. The molecule has 0 saturated carbocycles. The third-order valence-corrected chi connectivity index (χ3v) is 2.43. The van der Waals surface area contributed by atoms with E-state index in [1.54, 1.807) is 0 Å². The zero-order chi connectivity index (χ0) is 11.4. The van der Waals surface area contributed by atoms with E-state index in [9.17, 15) is 5.11 Å². The van der Waals surface area contributed by atoms with Gasteiger partial charge in [-0.1, -0.05) is 30.3 Å². The Morgan fingerprint density at radius 3 is 2.47 bits per heavy atom. The predicted molar refractivity (Wildman–Crippen MR) is 61.3 cm³/mol. The van der Waals surface area contributed by atoms with E-state index in [2.05, 4.69) is 12.1 Å². The molecular weight excluding hydrogens is 280 g/mol. The number of aliphatic hydroxyl groups is 1. The van der Waals surface area contributed by atoms with Crippen LogP contribution in [-0.4, -0.2) is 5.11 Å². The van der Waals surface area contributed by atoms with Gasteiger partial charge < -0.3 is 27.8 Å². The van der Waals surface area contributed by atoms with Crippen LogP contribution in [0.3, 0.4) is 0 Å². The molecule has 90 valence electrons. The molecule has 0 fully saturated rings. The summed E-state index contributed by atoms with van der Waals surface area (Å²) in [5, 5.41) is 9.28. The summed E-state index contributed by atoms with van der Waals surface area (Å²) in [6.45, 7) is 0.779. The monoisotopic (exact) mass is 294 g/mol. The summed E-state index contributed by atoms with van der Waals surface area (Å²) in [5.41, 5.74) is 7.36.